The van der Waals surface area contributed by atoms with Crippen LogP contribution >= 0.6 is 11.8 Å². The molecule has 2 saturated heterocycles. The molecule has 2 fully saturated rings. The lowest BCUT2D eigenvalue weighted by Gasteiger charge is -2.36. The van der Waals surface area contributed by atoms with E-state index < -0.39 is 0 Å². The molecule has 19 heavy (non-hydrogen) atoms. The number of hydrogen-bond donors (Lipinski definition) is 1. The number of morpholine rings is 1. The normalized spacial score (nSPS) is 30.9. The third-order valence-corrected chi connectivity index (χ3v) is 5.62. The van der Waals surface area contributed by atoms with Crippen molar-refractivity contribution in [1.82, 2.24) is 10.2 Å². The zero-order chi connectivity index (χ0) is 13.7. The third-order valence-electron chi connectivity index (χ3n) is 4.30. The molecule has 3 atom stereocenters. The molecule has 0 aromatic rings. The van der Waals surface area contributed by atoms with Gasteiger partial charge < -0.3 is 10.1 Å². The van der Waals surface area contributed by atoms with Gasteiger partial charge in [0.1, 0.15) is 0 Å². The lowest BCUT2D eigenvalue weighted by atomic mass is 10.0. The Bertz CT molecular complexity index is 257. The topological polar surface area (TPSA) is 24.5 Å². The van der Waals surface area contributed by atoms with Crippen LogP contribution in [0.15, 0.2) is 0 Å². The molecule has 4 heteroatoms. The van der Waals surface area contributed by atoms with Crippen molar-refractivity contribution in [2.75, 3.05) is 38.6 Å². The second-order valence-electron chi connectivity index (χ2n) is 6.31. The number of nitrogens with zero attached hydrogens (tertiary/aromatic N) is 1. The Balaban J connectivity index is 1.82. The van der Waals surface area contributed by atoms with Crippen molar-refractivity contribution < 1.29 is 4.74 Å². The lowest BCUT2D eigenvalue weighted by Crippen LogP contribution is -2.50. The summed E-state index contributed by atoms with van der Waals surface area (Å²) in [6.07, 6.45) is 2.63. The average molecular weight is 286 g/mol. The maximum atomic E-state index is 5.48. The zero-order valence-corrected chi connectivity index (χ0v) is 13.5. The van der Waals surface area contributed by atoms with Gasteiger partial charge in [-0.05, 0) is 24.5 Å². The van der Waals surface area contributed by atoms with Crippen LogP contribution in [0.4, 0.5) is 0 Å². The van der Waals surface area contributed by atoms with E-state index in [1.165, 1.54) is 18.6 Å². The van der Waals surface area contributed by atoms with Crippen LogP contribution in [-0.4, -0.2) is 60.8 Å². The van der Waals surface area contributed by atoms with Crippen LogP contribution in [0.25, 0.3) is 0 Å². The molecular formula is C15H30N2OS. The van der Waals surface area contributed by atoms with Gasteiger partial charge in [0.15, 0.2) is 0 Å². The Labute approximate surface area is 122 Å². The maximum absolute atomic E-state index is 5.48. The van der Waals surface area contributed by atoms with Crippen molar-refractivity contribution >= 4 is 11.8 Å². The van der Waals surface area contributed by atoms with Crippen LogP contribution < -0.4 is 5.32 Å². The largest absolute Gasteiger partial charge is 0.379 e. The quantitative estimate of drug-likeness (QED) is 0.809. The van der Waals surface area contributed by atoms with E-state index in [2.05, 4.69) is 42.7 Å². The predicted octanol–water partition coefficient (Wildman–Crippen LogP) is 2.22. The van der Waals surface area contributed by atoms with Gasteiger partial charge in [-0.1, -0.05) is 20.8 Å². The van der Waals surface area contributed by atoms with Gasteiger partial charge in [0.05, 0.1) is 13.2 Å². The van der Waals surface area contributed by atoms with Crippen molar-refractivity contribution in [2.45, 2.75) is 50.9 Å². The highest BCUT2D eigenvalue weighted by Crippen LogP contribution is 2.26. The molecule has 2 heterocycles. The molecule has 0 aromatic carbocycles. The Morgan fingerprint density at radius 3 is 2.63 bits per heavy atom. The second kappa shape index (κ2) is 7.87. The highest BCUT2D eigenvalue weighted by atomic mass is 32.2. The number of nitrogens with one attached hydrogen (secondary N) is 1. The van der Waals surface area contributed by atoms with Crippen LogP contribution in [-0.2, 0) is 4.74 Å². The fourth-order valence-electron chi connectivity index (χ4n) is 3.14. The Morgan fingerprint density at radius 1 is 1.32 bits per heavy atom. The van der Waals surface area contributed by atoms with Crippen LogP contribution in [0.2, 0.25) is 0 Å². The SMILES string of the molecule is CC(C)CC(CNC1CCSC1C)N1CCOCC1. The summed E-state index contributed by atoms with van der Waals surface area (Å²) in [5.74, 6) is 2.09. The number of rotatable bonds is 6. The van der Waals surface area contributed by atoms with Gasteiger partial charge in [-0.3, -0.25) is 4.90 Å². The fraction of sp³-hybridized carbons (Fsp3) is 1.00. The van der Waals surface area contributed by atoms with Gasteiger partial charge in [-0.25, -0.2) is 0 Å². The number of hydrogen-bond acceptors (Lipinski definition) is 4. The number of thioether (sulfide) groups is 1. The molecule has 0 bridgehead atoms. The Hall–Kier alpha value is 0.230. The summed E-state index contributed by atoms with van der Waals surface area (Å²) in [6.45, 7) is 12.2. The highest BCUT2D eigenvalue weighted by molar-refractivity contribution is 8.00. The molecule has 2 aliphatic heterocycles. The molecular weight excluding hydrogens is 256 g/mol. The van der Waals surface area contributed by atoms with Gasteiger partial charge in [-0.15, -0.1) is 0 Å². The predicted molar refractivity (Wildman–Crippen MR) is 84.0 cm³/mol. The molecule has 3 unspecified atom stereocenters. The summed E-state index contributed by atoms with van der Waals surface area (Å²) < 4.78 is 5.48. The van der Waals surface area contributed by atoms with Crippen molar-refractivity contribution in [1.29, 1.82) is 0 Å². The summed E-state index contributed by atoms with van der Waals surface area (Å²) in [5, 5.41) is 4.61. The first kappa shape index (κ1) is 15.6. The van der Waals surface area contributed by atoms with E-state index in [9.17, 15) is 0 Å². The summed E-state index contributed by atoms with van der Waals surface area (Å²) >= 11 is 2.11. The monoisotopic (exact) mass is 286 g/mol. The van der Waals surface area contributed by atoms with Crippen molar-refractivity contribution in [2.24, 2.45) is 5.92 Å². The van der Waals surface area contributed by atoms with Crippen LogP contribution in [0.3, 0.4) is 0 Å². The van der Waals surface area contributed by atoms with Gasteiger partial charge in [0.25, 0.3) is 0 Å². The van der Waals surface area contributed by atoms with E-state index in [4.69, 9.17) is 4.74 Å². The third kappa shape index (κ3) is 4.92. The van der Waals surface area contributed by atoms with Gasteiger partial charge in [0, 0.05) is 37.0 Å². The highest BCUT2D eigenvalue weighted by Gasteiger charge is 2.26. The van der Waals surface area contributed by atoms with Crippen molar-refractivity contribution in [3.8, 4) is 0 Å². The molecule has 112 valence electrons. The van der Waals surface area contributed by atoms with Crippen LogP contribution in [0, 0.1) is 5.92 Å². The van der Waals surface area contributed by atoms with E-state index in [0.717, 1.165) is 50.1 Å². The van der Waals surface area contributed by atoms with Gasteiger partial charge in [-0.2, -0.15) is 11.8 Å². The Kier molecular flexibility index (Phi) is 6.46. The first-order chi connectivity index (χ1) is 9.16. The summed E-state index contributed by atoms with van der Waals surface area (Å²) in [6, 6.07) is 1.41. The molecule has 0 saturated carbocycles. The standard InChI is InChI=1S/C15H30N2OS/c1-12(2)10-14(17-5-7-18-8-6-17)11-16-15-4-9-19-13(15)3/h12-16H,4-11H2,1-3H3. The minimum Gasteiger partial charge on any atom is -0.379 e. The lowest BCUT2D eigenvalue weighted by molar-refractivity contribution is 0.0118. The molecule has 0 aliphatic carbocycles. The van der Waals surface area contributed by atoms with Crippen LogP contribution in [0.1, 0.15) is 33.6 Å². The molecule has 0 spiro atoms. The van der Waals surface area contributed by atoms with Gasteiger partial charge >= 0.3 is 0 Å². The smallest absolute Gasteiger partial charge is 0.0594 e. The number of ether oxygens (including phenoxy) is 1. The fourth-order valence-corrected chi connectivity index (χ4v) is 4.36. The van der Waals surface area contributed by atoms with E-state index in [0.29, 0.717) is 6.04 Å². The Morgan fingerprint density at radius 2 is 2.05 bits per heavy atom. The van der Waals surface area contributed by atoms with Gasteiger partial charge in [0.2, 0.25) is 0 Å². The summed E-state index contributed by atoms with van der Waals surface area (Å²) in [4.78, 5) is 2.63. The van der Waals surface area contributed by atoms with E-state index >= 15 is 0 Å². The molecule has 3 nitrogen and oxygen atoms in total. The first-order valence-corrected chi connectivity index (χ1v) is 8.88. The van der Waals surface area contributed by atoms with Crippen molar-refractivity contribution in [3.05, 3.63) is 0 Å². The molecule has 1 N–H and O–H groups in total. The average Bonchev–Trinajstić information content (AvgIpc) is 2.81. The second-order valence-corrected chi connectivity index (χ2v) is 7.80. The summed E-state index contributed by atoms with van der Waals surface area (Å²) in [5.41, 5.74) is 0. The molecule has 2 rings (SSSR count). The molecule has 0 amide bonds. The van der Waals surface area contributed by atoms with Crippen LogP contribution in [0.5, 0.6) is 0 Å². The molecule has 0 radical (unpaired) electrons. The minimum atomic E-state index is 0.682. The first-order valence-electron chi connectivity index (χ1n) is 7.83. The maximum Gasteiger partial charge on any atom is 0.0594 e. The summed E-state index contributed by atoms with van der Waals surface area (Å²) in [7, 11) is 0. The minimum absolute atomic E-state index is 0.682. The van der Waals surface area contributed by atoms with Crippen molar-refractivity contribution in [3.63, 3.8) is 0 Å². The molecule has 2 aliphatic rings. The van der Waals surface area contributed by atoms with E-state index in [1.807, 2.05) is 0 Å². The molecule has 0 aromatic heterocycles. The zero-order valence-electron chi connectivity index (χ0n) is 12.7. The van der Waals surface area contributed by atoms with E-state index in [1.54, 1.807) is 0 Å². The van der Waals surface area contributed by atoms with E-state index in [-0.39, 0.29) is 0 Å².